The fourth-order valence-corrected chi connectivity index (χ4v) is 2.48. The van der Waals surface area contributed by atoms with Gasteiger partial charge in [-0.25, -0.2) is 0 Å². The molecular weight excluding hydrogens is 204 g/mol. The first-order chi connectivity index (χ1) is 7.68. The van der Waals surface area contributed by atoms with Crippen molar-refractivity contribution < 1.29 is 9.90 Å². The number of aliphatic hydroxyl groups is 1. The Morgan fingerprint density at radius 1 is 1.31 bits per heavy atom. The van der Waals surface area contributed by atoms with Crippen LogP contribution in [0.1, 0.15) is 38.5 Å². The molecule has 1 amide bonds. The minimum Gasteiger partial charge on any atom is -0.388 e. The zero-order valence-electron chi connectivity index (χ0n) is 9.80. The molecule has 1 saturated carbocycles. The van der Waals surface area contributed by atoms with Crippen molar-refractivity contribution >= 4 is 5.91 Å². The third kappa shape index (κ3) is 3.19. The fourth-order valence-electron chi connectivity index (χ4n) is 2.48. The van der Waals surface area contributed by atoms with Crippen molar-refractivity contribution in [2.75, 3.05) is 19.6 Å². The minimum absolute atomic E-state index is 0.0884. The predicted octanol–water partition coefficient (Wildman–Crippen LogP) is 0.407. The topological polar surface area (TPSA) is 61.4 Å². The van der Waals surface area contributed by atoms with Crippen molar-refractivity contribution in [1.82, 2.24) is 10.6 Å². The van der Waals surface area contributed by atoms with Crippen LogP contribution >= 0.6 is 0 Å². The van der Waals surface area contributed by atoms with Gasteiger partial charge in [-0.05, 0) is 31.8 Å². The van der Waals surface area contributed by atoms with Crippen molar-refractivity contribution in [3.63, 3.8) is 0 Å². The zero-order valence-corrected chi connectivity index (χ0v) is 9.80. The van der Waals surface area contributed by atoms with Gasteiger partial charge >= 0.3 is 0 Å². The largest absolute Gasteiger partial charge is 0.388 e. The lowest BCUT2D eigenvalue weighted by molar-refractivity contribution is -0.124. The Kier molecular flexibility index (Phi) is 3.82. The van der Waals surface area contributed by atoms with Crippen LogP contribution in [0.5, 0.6) is 0 Å². The van der Waals surface area contributed by atoms with Gasteiger partial charge in [0.05, 0.1) is 5.60 Å². The molecule has 0 aromatic heterocycles. The summed E-state index contributed by atoms with van der Waals surface area (Å²) in [5.41, 5.74) is -0.633. The summed E-state index contributed by atoms with van der Waals surface area (Å²) in [6, 6.07) is 0. The molecule has 0 aromatic rings. The summed E-state index contributed by atoms with van der Waals surface area (Å²) in [5, 5.41) is 16.2. The van der Waals surface area contributed by atoms with Gasteiger partial charge in [-0.1, -0.05) is 19.3 Å². The lowest BCUT2D eigenvalue weighted by atomic mass is 9.85. The molecular formula is C12H22N2O2. The molecule has 0 radical (unpaired) electrons. The highest BCUT2D eigenvalue weighted by atomic mass is 16.3. The second-order valence-electron chi connectivity index (χ2n) is 5.29. The van der Waals surface area contributed by atoms with E-state index in [4.69, 9.17) is 0 Å². The second-order valence-corrected chi connectivity index (χ2v) is 5.29. The molecule has 2 fully saturated rings. The van der Waals surface area contributed by atoms with Crippen LogP contribution < -0.4 is 10.6 Å². The zero-order chi connectivity index (χ0) is 11.4. The summed E-state index contributed by atoms with van der Waals surface area (Å²) in [4.78, 5) is 11.6. The average Bonchev–Trinajstić information content (AvgIpc) is 2.22. The van der Waals surface area contributed by atoms with Crippen LogP contribution in [0.4, 0.5) is 0 Å². The molecule has 3 N–H and O–H groups in total. The molecule has 1 aliphatic carbocycles. The number of hydrogen-bond acceptors (Lipinski definition) is 3. The SMILES string of the molecule is O=C(CC1CNC1)NCC1(O)CCCCC1. The van der Waals surface area contributed by atoms with E-state index in [9.17, 15) is 9.90 Å². The highest BCUT2D eigenvalue weighted by Gasteiger charge is 2.30. The Morgan fingerprint density at radius 2 is 2.00 bits per heavy atom. The van der Waals surface area contributed by atoms with Crippen LogP contribution in [-0.4, -0.2) is 36.2 Å². The third-order valence-corrected chi connectivity index (χ3v) is 3.74. The Bertz CT molecular complexity index is 245. The molecule has 0 atom stereocenters. The van der Waals surface area contributed by atoms with Crippen molar-refractivity contribution in [2.24, 2.45) is 5.92 Å². The van der Waals surface area contributed by atoms with Gasteiger partial charge in [0.15, 0.2) is 0 Å². The van der Waals surface area contributed by atoms with Gasteiger partial charge in [0, 0.05) is 13.0 Å². The van der Waals surface area contributed by atoms with Crippen molar-refractivity contribution in [3.05, 3.63) is 0 Å². The van der Waals surface area contributed by atoms with Crippen molar-refractivity contribution in [1.29, 1.82) is 0 Å². The van der Waals surface area contributed by atoms with E-state index in [0.717, 1.165) is 38.8 Å². The van der Waals surface area contributed by atoms with Gasteiger partial charge in [-0.15, -0.1) is 0 Å². The first-order valence-corrected chi connectivity index (χ1v) is 6.38. The smallest absolute Gasteiger partial charge is 0.220 e. The van der Waals surface area contributed by atoms with Crippen LogP contribution in [0.25, 0.3) is 0 Å². The average molecular weight is 226 g/mol. The summed E-state index contributed by atoms with van der Waals surface area (Å²) >= 11 is 0. The maximum Gasteiger partial charge on any atom is 0.220 e. The van der Waals surface area contributed by atoms with Gasteiger partial charge in [-0.3, -0.25) is 4.79 Å². The Morgan fingerprint density at radius 3 is 2.56 bits per heavy atom. The molecule has 92 valence electrons. The monoisotopic (exact) mass is 226 g/mol. The van der Waals surface area contributed by atoms with Crippen molar-refractivity contribution in [3.8, 4) is 0 Å². The summed E-state index contributed by atoms with van der Waals surface area (Å²) in [5.74, 6) is 0.589. The molecule has 16 heavy (non-hydrogen) atoms. The number of nitrogens with one attached hydrogen (secondary N) is 2. The molecule has 0 bridgehead atoms. The molecule has 0 spiro atoms. The van der Waals surface area contributed by atoms with E-state index < -0.39 is 5.60 Å². The van der Waals surface area contributed by atoms with Gasteiger partial charge < -0.3 is 15.7 Å². The number of rotatable bonds is 4. The first kappa shape index (κ1) is 11.9. The fraction of sp³-hybridized carbons (Fsp3) is 0.917. The Hall–Kier alpha value is -0.610. The standard InChI is InChI=1S/C12H22N2O2/c15-11(6-10-7-13-8-10)14-9-12(16)4-2-1-3-5-12/h10,13,16H,1-9H2,(H,14,15). The summed E-state index contributed by atoms with van der Waals surface area (Å²) < 4.78 is 0. The van der Waals surface area contributed by atoms with E-state index in [1.807, 2.05) is 0 Å². The van der Waals surface area contributed by atoms with E-state index in [1.165, 1.54) is 6.42 Å². The number of carbonyl (C=O) groups excluding carboxylic acids is 1. The van der Waals surface area contributed by atoms with Crippen LogP contribution in [0.15, 0.2) is 0 Å². The second kappa shape index (κ2) is 5.15. The van der Waals surface area contributed by atoms with E-state index in [2.05, 4.69) is 10.6 Å². The normalized spacial score (nSPS) is 24.8. The number of hydrogen-bond donors (Lipinski definition) is 3. The quantitative estimate of drug-likeness (QED) is 0.650. The maximum absolute atomic E-state index is 11.6. The van der Waals surface area contributed by atoms with Crippen LogP contribution in [0.3, 0.4) is 0 Å². The summed E-state index contributed by atoms with van der Waals surface area (Å²) in [6.45, 7) is 2.35. The molecule has 1 heterocycles. The molecule has 0 unspecified atom stereocenters. The predicted molar refractivity (Wildman–Crippen MR) is 62.0 cm³/mol. The van der Waals surface area contributed by atoms with Gasteiger partial charge in [0.25, 0.3) is 0 Å². The highest BCUT2D eigenvalue weighted by Crippen LogP contribution is 2.27. The van der Waals surface area contributed by atoms with Gasteiger partial charge in [-0.2, -0.15) is 0 Å². The molecule has 4 nitrogen and oxygen atoms in total. The molecule has 2 aliphatic rings. The van der Waals surface area contributed by atoms with Gasteiger partial charge in [0.1, 0.15) is 0 Å². The molecule has 1 aliphatic heterocycles. The van der Waals surface area contributed by atoms with Gasteiger partial charge in [0.2, 0.25) is 5.91 Å². The molecule has 4 heteroatoms. The van der Waals surface area contributed by atoms with Crippen molar-refractivity contribution in [2.45, 2.75) is 44.1 Å². The lowest BCUT2D eigenvalue weighted by Crippen LogP contribution is -2.47. The molecule has 1 saturated heterocycles. The highest BCUT2D eigenvalue weighted by molar-refractivity contribution is 5.76. The Labute approximate surface area is 96.8 Å². The van der Waals surface area contributed by atoms with Crippen LogP contribution in [0.2, 0.25) is 0 Å². The van der Waals surface area contributed by atoms with Crippen LogP contribution in [-0.2, 0) is 4.79 Å². The lowest BCUT2D eigenvalue weighted by Gasteiger charge is -2.32. The van der Waals surface area contributed by atoms with E-state index >= 15 is 0 Å². The Balaban J connectivity index is 1.66. The van der Waals surface area contributed by atoms with E-state index in [1.54, 1.807) is 0 Å². The maximum atomic E-state index is 11.6. The summed E-state index contributed by atoms with van der Waals surface area (Å²) in [6.07, 6.45) is 5.64. The van der Waals surface area contributed by atoms with E-state index in [-0.39, 0.29) is 5.91 Å². The number of carbonyl (C=O) groups is 1. The molecule has 2 rings (SSSR count). The number of amides is 1. The third-order valence-electron chi connectivity index (χ3n) is 3.74. The van der Waals surface area contributed by atoms with E-state index in [0.29, 0.717) is 18.9 Å². The van der Waals surface area contributed by atoms with Crippen LogP contribution in [0, 0.1) is 5.92 Å². The molecule has 0 aromatic carbocycles. The summed E-state index contributed by atoms with van der Waals surface area (Å²) in [7, 11) is 0. The first-order valence-electron chi connectivity index (χ1n) is 6.38. The minimum atomic E-state index is -0.633.